The van der Waals surface area contributed by atoms with Crippen molar-refractivity contribution in [3.63, 3.8) is 0 Å². The number of carbonyl (C=O) groups excluding carboxylic acids is 4. The molecule has 3 aromatic rings. The molecule has 0 aliphatic carbocycles. The number of hydrogen-bond donors (Lipinski definition) is 0. The molecule has 0 radical (unpaired) electrons. The van der Waals surface area contributed by atoms with Crippen LogP contribution in [0, 0.1) is 12.8 Å². The molecule has 1 saturated heterocycles. The highest BCUT2D eigenvalue weighted by molar-refractivity contribution is 6.31. The summed E-state index contributed by atoms with van der Waals surface area (Å²) >= 11 is 6.02. The lowest BCUT2D eigenvalue weighted by atomic mass is 9.65. The van der Waals surface area contributed by atoms with Crippen LogP contribution in [0.5, 0.6) is 0 Å². The van der Waals surface area contributed by atoms with Gasteiger partial charge < -0.3 is 4.74 Å². The minimum atomic E-state index is -1.62. The summed E-state index contributed by atoms with van der Waals surface area (Å²) in [6.07, 6.45) is -1.05. The lowest BCUT2D eigenvalue weighted by molar-refractivity contribution is -0.130. The van der Waals surface area contributed by atoms with Gasteiger partial charge in [-0.2, -0.15) is 0 Å². The lowest BCUT2D eigenvalue weighted by Crippen LogP contribution is -2.51. The molecule has 1 fully saturated rings. The Morgan fingerprint density at radius 2 is 1.63 bits per heavy atom. The molecule has 3 aromatic carbocycles. The minimum absolute atomic E-state index is 0.211. The van der Waals surface area contributed by atoms with E-state index in [2.05, 4.69) is 0 Å². The van der Waals surface area contributed by atoms with Crippen molar-refractivity contribution in [1.82, 2.24) is 0 Å². The van der Waals surface area contributed by atoms with Crippen LogP contribution in [-0.2, 0) is 24.5 Å². The number of nitrogens with zero attached hydrogens (tertiary/aromatic N) is 2. The zero-order valence-corrected chi connectivity index (χ0v) is 22.3. The highest BCUT2D eigenvalue weighted by atomic mass is 35.5. The molecule has 5 rings (SSSR count). The minimum Gasteiger partial charge on any atom is -0.443 e. The summed E-state index contributed by atoms with van der Waals surface area (Å²) in [7, 11) is 0. The average molecular weight is 531 g/mol. The normalized spacial score (nSPS) is 21.2. The van der Waals surface area contributed by atoms with E-state index in [0.717, 1.165) is 15.4 Å². The Morgan fingerprint density at radius 3 is 2.26 bits per heavy atom. The number of hydrogen-bond acceptors (Lipinski definition) is 5. The van der Waals surface area contributed by atoms with Crippen molar-refractivity contribution >= 4 is 46.8 Å². The Labute approximate surface area is 225 Å². The van der Waals surface area contributed by atoms with Crippen molar-refractivity contribution in [2.24, 2.45) is 5.92 Å². The first kappa shape index (κ1) is 25.7. The molecule has 0 spiro atoms. The second-order valence-electron chi connectivity index (χ2n) is 10.6. The number of carbonyl (C=O) groups is 4. The Bertz CT molecular complexity index is 1460. The first-order valence-electron chi connectivity index (χ1n) is 12.3. The lowest BCUT2D eigenvalue weighted by Gasteiger charge is -2.34. The summed E-state index contributed by atoms with van der Waals surface area (Å²) in [5.41, 5.74) is 0.0841. The van der Waals surface area contributed by atoms with Gasteiger partial charge in [-0.05, 0) is 69.2 Å². The zero-order chi connectivity index (χ0) is 27.4. The van der Waals surface area contributed by atoms with Crippen molar-refractivity contribution in [2.45, 2.75) is 45.1 Å². The van der Waals surface area contributed by atoms with Crippen LogP contribution < -0.4 is 9.80 Å². The molecular formula is C30H27ClN2O5. The maximum atomic E-state index is 14.6. The van der Waals surface area contributed by atoms with Crippen LogP contribution in [0.4, 0.5) is 16.2 Å². The zero-order valence-electron chi connectivity index (χ0n) is 21.5. The third-order valence-electron chi connectivity index (χ3n) is 6.92. The molecule has 0 N–H and O–H groups in total. The number of halogens is 1. The van der Waals surface area contributed by atoms with Gasteiger partial charge in [-0.3, -0.25) is 19.3 Å². The molecule has 0 saturated carbocycles. The molecule has 0 aromatic heterocycles. The summed E-state index contributed by atoms with van der Waals surface area (Å²) in [6.45, 7) is 7.03. The van der Waals surface area contributed by atoms with Crippen LogP contribution in [0.1, 0.15) is 43.9 Å². The first-order chi connectivity index (χ1) is 17.9. The van der Waals surface area contributed by atoms with Crippen molar-refractivity contribution in [3.8, 4) is 0 Å². The quantitative estimate of drug-likeness (QED) is 0.400. The monoisotopic (exact) mass is 530 g/mol. The summed E-state index contributed by atoms with van der Waals surface area (Å²) in [6, 6.07) is 20.5. The smallest absolute Gasteiger partial charge is 0.421 e. The van der Waals surface area contributed by atoms with Gasteiger partial charge >= 0.3 is 6.09 Å². The molecule has 2 aliphatic heterocycles. The molecule has 2 aliphatic rings. The number of anilines is 2. The van der Waals surface area contributed by atoms with Gasteiger partial charge in [0.2, 0.25) is 11.8 Å². The van der Waals surface area contributed by atoms with Gasteiger partial charge in [-0.1, -0.05) is 59.6 Å². The molecule has 4 amide bonds. The molecule has 2 atom stereocenters. The molecule has 0 bridgehead atoms. The third kappa shape index (κ3) is 3.98. The standard InChI is InChI=1S/C30H27ClN2O5/c1-18-10-15-24-22(16-18)30(19-8-6-5-7-9-19,27(36)33(24)28(37)38-29(2,3)4)23-17-25(34)32(26(23)35)21-13-11-20(31)12-14-21/h5-16,23H,17H2,1-4H3/t23-,30?/m1/s1. The van der Waals surface area contributed by atoms with E-state index in [-0.39, 0.29) is 6.42 Å². The molecular weight excluding hydrogens is 504 g/mol. The van der Waals surface area contributed by atoms with E-state index in [9.17, 15) is 19.2 Å². The number of aryl methyl sites for hydroxylation is 1. The van der Waals surface area contributed by atoms with Crippen LogP contribution in [0.25, 0.3) is 0 Å². The maximum absolute atomic E-state index is 14.6. The molecule has 7 nitrogen and oxygen atoms in total. The second kappa shape index (κ2) is 9.10. The highest BCUT2D eigenvalue weighted by Gasteiger charge is 2.64. The van der Waals surface area contributed by atoms with Gasteiger partial charge in [0.25, 0.3) is 5.91 Å². The predicted molar refractivity (Wildman–Crippen MR) is 144 cm³/mol. The Kier molecular flexibility index (Phi) is 6.15. The number of fused-ring (bicyclic) bond motifs is 1. The van der Waals surface area contributed by atoms with Gasteiger partial charge in [-0.25, -0.2) is 9.69 Å². The van der Waals surface area contributed by atoms with Crippen LogP contribution in [0.3, 0.4) is 0 Å². The number of rotatable bonds is 3. The summed E-state index contributed by atoms with van der Waals surface area (Å²) < 4.78 is 5.61. The third-order valence-corrected chi connectivity index (χ3v) is 7.17. The Hall–Kier alpha value is -3.97. The SMILES string of the molecule is Cc1ccc2c(c1)C(c1ccccc1)([C@@H]1CC(=O)N(c3ccc(Cl)cc3)C1=O)C(=O)N2C(=O)OC(C)(C)C. The molecule has 38 heavy (non-hydrogen) atoms. The van der Waals surface area contributed by atoms with Crippen LogP contribution in [0.2, 0.25) is 5.02 Å². The van der Waals surface area contributed by atoms with Crippen LogP contribution >= 0.6 is 11.6 Å². The topological polar surface area (TPSA) is 84.0 Å². The van der Waals surface area contributed by atoms with Gasteiger partial charge in [0, 0.05) is 11.4 Å². The summed E-state index contributed by atoms with van der Waals surface area (Å²) in [5.74, 6) is -2.67. The fraction of sp³-hybridized carbons (Fsp3) is 0.267. The van der Waals surface area contributed by atoms with E-state index in [0.29, 0.717) is 27.5 Å². The highest BCUT2D eigenvalue weighted by Crippen LogP contribution is 2.54. The largest absolute Gasteiger partial charge is 0.443 e. The molecule has 1 unspecified atom stereocenters. The Balaban J connectivity index is 1.73. The van der Waals surface area contributed by atoms with Crippen molar-refractivity contribution < 1.29 is 23.9 Å². The fourth-order valence-electron chi connectivity index (χ4n) is 5.40. The first-order valence-corrected chi connectivity index (χ1v) is 12.7. The summed E-state index contributed by atoms with van der Waals surface area (Å²) in [5, 5.41) is 0.466. The van der Waals surface area contributed by atoms with Gasteiger partial charge in [0.05, 0.1) is 17.3 Å². The van der Waals surface area contributed by atoms with Gasteiger partial charge in [0.15, 0.2) is 0 Å². The Morgan fingerprint density at radius 1 is 0.974 bits per heavy atom. The van der Waals surface area contributed by atoms with E-state index >= 15 is 0 Å². The number of benzene rings is 3. The number of amides is 4. The van der Waals surface area contributed by atoms with Crippen LogP contribution in [0.15, 0.2) is 72.8 Å². The summed E-state index contributed by atoms with van der Waals surface area (Å²) in [4.78, 5) is 57.6. The van der Waals surface area contributed by atoms with Crippen molar-refractivity contribution in [2.75, 3.05) is 9.80 Å². The van der Waals surface area contributed by atoms with E-state index in [1.54, 1.807) is 87.5 Å². The van der Waals surface area contributed by atoms with E-state index in [1.165, 1.54) is 0 Å². The van der Waals surface area contributed by atoms with E-state index in [4.69, 9.17) is 16.3 Å². The van der Waals surface area contributed by atoms with E-state index in [1.807, 2.05) is 13.0 Å². The van der Waals surface area contributed by atoms with E-state index < -0.39 is 40.7 Å². The average Bonchev–Trinajstić information content (AvgIpc) is 3.29. The number of imide groups is 2. The maximum Gasteiger partial charge on any atom is 0.421 e. The molecule has 194 valence electrons. The van der Waals surface area contributed by atoms with Gasteiger partial charge in [0.1, 0.15) is 11.0 Å². The second-order valence-corrected chi connectivity index (χ2v) is 11.1. The van der Waals surface area contributed by atoms with Crippen LogP contribution in [-0.4, -0.2) is 29.4 Å². The number of ether oxygens (including phenoxy) is 1. The predicted octanol–water partition coefficient (Wildman–Crippen LogP) is 5.80. The molecule has 8 heteroatoms. The van der Waals surface area contributed by atoms with Crippen molar-refractivity contribution in [1.29, 1.82) is 0 Å². The van der Waals surface area contributed by atoms with Crippen molar-refractivity contribution in [3.05, 3.63) is 94.5 Å². The van der Waals surface area contributed by atoms with Gasteiger partial charge in [-0.15, -0.1) is 0 Å². The fourth-order valence-corrected chi connectivity index (χ4v) is 5.53. The molecule has 2 heterocycles.